The van der Waals surface area contributed by atoms with Gasteiger partial charge in [0.2, 0.25) is 0 Å². The Labute approximate surface area is 683 Å². The van der Waals surface area contributed by atoms with E-state index in [-0.39, 0.29) is 25.7 Å². The molecule has 0 saturated heterocycles. The van der Waals surface area contributed by atoms with E-state index in [1.807, 2.05) is 0 Å². The van der Waals surface area contributed by atoms with E-state index >= 15 is 0 Å². The average molecular weight is 1620 g/mol. The van der Waals surface area contributed by atoms with E-state index in [9.17, 15) is 43.2 Å². The molecule has 0 heterocycles. The third-order valence-electron chi connectivity index (χ3n) is 22.1. The quantitative estimate of drug-likeness (QED) is 0.0222. The molecular weight excluding hydrogens is 1440 g/mol. The summed E-state index contributed by atoms with van der Waals surface area (Å²) in [5.74, 6) is -0.505. The maximum Gasteiger partial charge on any atom is 0.472 e. The smallest absolute Gasteiger partial charge is 0.462 e. The highest BCUT2D eigenvalue weighted by Gasteiger charge is 2.31. The fourth-order valence-electron chi connectivity index (χ4n) is 14.4. The second kappa shape index (κ2) is 83.1. The number of unbranched alkanes of at least 4 members (excludes halogenated alkanes) is 60. The Morgan fingerprint density at radius 1 is 0.261 bits per heavy atom. The van der Waals surface area contributed by atoms with Crippen LogP contribution in [-0.4, -0.2) is 96.7 Å². The highest BCUT2D eigenvalue weighted by molar-refractivity contribution is 7.47. The number of aliphatic hydroxyl groups excluding tert-OH is 1. The lowest BCUT2D eigenvalue weighted by Crippen LogP contribution is -2.30. The minimum absolute atomic E-state index is 0.109. The van der Waals surface area contributed by atoms with E-state index < -0.39 is 97.5 Å². The van der Waals surface area contributed by atoms with Crippen LogP contribution in [0.4, 0.5) is 0 Å². The molecule has 0 rings (SSSR count). The van der Waals surface area contributed by atoms with Crippen molar-refractivity contribution in [2.75, 3.05) is 39.6 Å². The Hall–Kier alpha value is -1.94. The molecular formula is C92H180O17P2. The summed E-state index contributed by atoms with van der Waals surface area (Å²) in [5, 5.41) is 10.7. The van der Waals surface area contributed by atoms with Gasteiger partial charge in [0, 0.05) is 25.7 Å². The van der Waals surface area contributed by atoms with Gasteiger partial charge >= 0.3 is 39.5 Å². The highest BCUT2D eigenvalue weighted by Crippen LogP contribution is 2.45. The molecule has 0 amide bonds. The molecule has 0 aliphatic rings. The van der Waals surface area contributed by atoms with Gasteiger partial charge in [-0.2, -0.15) is 0 Å². The molecule has 0 fully saturated rings. The minimum atomic E-state index is -4.97. The predicted octanol–water partition coefficient (Wildman–Crippen LogP) is 28.6. The first-order valence-electron chi connectivity index (χ1n) is 47.5. The number of aliphatic hydroxyl groups is 1. The van der Waals surface area contributed by atoms with Crippen LogP contribution < -0.4 is 0 Å². The van der Waals surface area contributed by atoms with Crippen molar-refractivity contribution in [1.82, 2.24) is 0 Å². The Balaban J connectivity index is 5.25. The standard InChI is InChI=1S/C92H180O17P2/c1-7-10-12-14-16-18-20-22-24-26-28-29-31-33-39-43-47-51-59-65-70-76-91(96)108-87(80-102-89(94)74-68-62-56-49-45-41-37-35-34-36-40-44-48-54-60-66-72-84(4)5)82-106-110(98,99)104-78-86(93)79-105-111(100,101)107-83-88(81-103-90(95)75-69-63-57-53-52-55-61-67-73-85(6)9-3)109-92(97)77-71-64-58-50-46-42-38-32-30-27-25-23-21-19-17-15-13-11-8-2/h84-88,93H,7-83H2,1-6H3,(H,98,99)(H,100,101)/t85?,86-,87-,88-/m1/s1. The molecule has 0 aromatic carbocycles. The first-order chi connectivity index (χ1) is 53.9. The molecule has 0 aliphatic heterocycles. The van der Waals surface area contributed by atoms with Gasteiger partial charge in [-0.05, 0) is 37.5 Å². The molecule has 6 atom stereocenters. The molecule has 19 heteroatoms. The van der Waals surface area contributed by atoms with Gasteiger partial charge in [0.05, 0.1) is 26.4 Å². The van der Waals surface area contributed by atoms with Gasteiger partial charge in [0.25, 0.3) is 0 Å². The van der Waals surface area contributed by atoms with Crippen molar-refractivity contribution in [3.8, 4) is 0 Å². The lowest BCUT2D eigenvalue weighted by Gasteiger charge is -2.21. The van der Waals surface area contributed by atoms with Crippen molar-refractivity contribution >= 4 is 39.5 Å². The molecule has 0 aliphatic carbocycles. The van der Waals surface area contributed by atoms with E-state index in [0.29, 0.717) is 25.7 Å². The van der Waals surface area contributed by atoms with Gasteiger partial charge in [-0.1, -0.05) is 446 Å². The van der Waals surface area contributed by atoms with Crippen LogP contribution in [0.3, 0.4) is 0 Å². The van der Waals surface area contributed by atoms with Crippen LogP contribution in [0.25, 0.3) is 0 Å². The zero-order chi connectivity index (χ0) is 81.3. The van der Waals surface area contributed by atoms with Gasteiger partial charge < -0.3 is 33.8 Å². The number of esters is 4. The van der Waals surface area contributed by atoms with Gasteiger partial charge in [-0.25, -0.2) is 9.13 Å². The molecule has 3 unspecified atom stereocenters. The topological polar surface area (TPSA) is 237 Å². The van der Waals surface area contributed by atoms with Gasteiger partial charge in [-0.3, -0.25) is 37.3 Å². The lowest BCUT2D eigenvalue weighted by molar-refractivity contribution is -0.161. The Kier molecular flexibility index (Phi) is 81.7. The number of carbonyl (C=O) groups is 4. The Morgan fingerprint density at radius 3 is 0.685 bits per heavy atom. The third-order valence-corrected chi connectivity index (χ3v) is 24.0. The van der Waals surface area contributed by atoms with Crippen LogP contribution >= 0.6 is 15.6 Å². The third kappa shape index (κ3) is 84.3. The normalized spacial score (nSPS) is 14.0. The monoisotopic (exact) mass is 1620 g/mol. The second-order valence-corrected chi connectivity index (χ2v) is 36.7. The van der Waals surface area contributed by atoms with Crippen molar-refractivity contribution in [1.29, 1.82) is 0 Å². The van der Waals surface area contributed by atoms with Gasteiger partial charge in [-0.15, -0.1) is 0 Å². The zero-order valence-electron chi connectivity index (χ0n) is 73.3. The summed E-state index contributed by atoms with van der Waals surface area (Å²) in [6.07, 6.45) is 77.8. The highest BCUT2D eigenvalue weighted by atomic mass is 31.2. The molecule has 0 bridgehead atoms. The summed E-state index contributed by atoms with van der Waals surface area (Å²) in [4.78, 5) is 73.5. The summed E-state index contributed by atoms with van der Waals surface area (Å²) >= 11 is 0. The van der Waals surface area contributed by atoms with Crippen LogP contribution in [0.1, 0.15) is 497 Å². The fourth-order valence-corrected chi connectivity index (χ4v) is 16.0. The van der Waals surface area contributed by atoms with Crippen LogP contribution in [0.2, 0.25) is 0 Å². The molecule has 0 aromatic rings. The van der Waals surface area contributed by atoms with Gasteiger partial charge in [0.15, 0.2) is 12.2 Å². The average Bonchev–Trinajstić information content (AvgIpc) is 0.902. The number of carbonyl (C=O) groups excluding carboxylic acids is 4. The van der Waals surface area contributed by atoms with Crippen LogP contribution in [0.15, 0.2) is 0 Å². The van der Waals surface area contributed by atoms with Crippen molar-refractivity contribution in [3.05, 3.63) is 0 Å². The van der Waals surface area contributed by atoms with E-state index in [2.05, 4.69) is 41.5 Å². The van der Waals surface area contributed by atoms with Gasteiger partial charge in [0.1, 0.15) is 19.3 Å². The number of hydrogen-bond donors (Lipinski definition) is 3. The first kappa shape index (κ1) is 109. The molecule has 3 N–H and O–H groups in total. The summed E-state index contributed by atoms with van der Waals surface area (Å²) in [6.45, 7) is 9.75. The summed E-state index contributed by atoms with van der Waals surface area (Å²) in [6, 6.07) is 0. The maximum absolute atomic E-state index is 13.2. The predicted molar refractivity (Wildman–Crippen MR) is 460 cm³/mol. The molecule has 660 valence electrons. The van der Waals surface area contributed by atoms with E-state index in [0.717, 1.165) is 102 Å². The van der Waals surface area contributed by atoms with Crippen molar-refractivity contribution in [2.24, 2.45) is 11.8 Å². The number of ether oxygens (including phenoxy) is 4. The van der Waals surface area contributed by atoms with Crippen molar-refractivity contribution in [3.63, 3.8) is 0 Å². The minimum Gasteiger partial charge on any atom is -0.462 e. The van der Waals surface area contributed by atoms with Crippen LogP contribution in [0, 0.1) is 11.8 Å². The molecule has 0 saturated carbocycles. The van der Waals surface area contributed by atoms with E-state index in [4.69, 9.17) is 37.0 Å². The van der Waals surface area contributed by atoms with Crippen LogP contribution in [-0.2, 0) is 65.4 Å². The Morgan fingerprint density at radius 2 is 0.459 bits per heavy atom. The molecule has 0 spiro atoms. The lowest BCUT2D eigenvalue weighted by atomic mass is 9.99. The molecule has 0 aromatic heterocycles. The fraction of sp³-hybridized carbons (Fsp3) is 0.957. The number of rotatable bonds is 91. The van der Waals surface area contributed by atoms with Crippen LogP contribution in [0.5, 0.6) is 0 Å². The molecule has 111 heavy (non-hydrogen) atoms. The SMILES string of the molecule is CCCCCCCCCCCCCCCCCCCCCCCC(=O)O[C@H](COC(=O)CCCCCCCCCCCCCCCCCCC(C)C)COP(=O)(O)OC[C@@H](O)COP(=O)(O)OC[C@@H](COC(=O)CCCCCCCCCCC(C)CC)OC(=O)CCCCCCCCCCCCCCCCCCCCC. The zero-order valence-corrected chi connectivity index (χ0v) is 75.1. The second-order valence-electron chi connectivity index (χ2n) is 33.8. The number of phosphoric ester groups is 2. The van der Waals surface area contributed by atoms with Crippen molar-refractivity contribution in [2.45, 2.75) is 516 Å². The summed E-state index contributed by atoms with van der Waals surface area (Å²) in [5.41, 5.74) is 0. The number of hydrogen-bond acceptors (Lipinski definition) is 15. The number of phosphoric acid groups is 2. The largest absolute Gasteiger partial charge is 0.472 e. The first-order valence-corrected chi connectivity index (χ1v) is 50.5. The summed E-state index contributed by atoms with van der Waals surface area (Å²) < 4.78 is 69.1. The maximum atomic E-state index is 13.2. The van der Waals surface area contributed by atoms with E-state index in [1.165, 1.54) is 315 Å². The van der Waals surface area contributed by atoms with E-state index in [1.54, 1.807) is 0 Å². The van der Waals surface area contributed by atoms with Crippen molar-refractivity contribution < 1.29 is 80.2 Å². The molecule has 17 nitrogen and oxygen atoms in total. The Bertz CT molecular complexity index is 2120. The molecule has 0 radical (unpaired) electrons. The summed E-state index contributed by atoms with van der Waals surface area (Å²) in [7, 11) is -9.94.